The van der Waals surface area contributed by atoms with Gasteiger partial charge < -0.3 is 4.74 Å². The van der Waals surface area contributed by atoms with Crippen LogP contribution < -0.4 is 0 Å². The van der Waals surface area contributed by atoms with Gasteiger partial charge in [0.1, 0.15) is 6.10 Å². The van der Waals surface area contributed by atoms with Gasteiger partial charge in [-0.05, 0) is 6.08 Å². The molecule has 1 aromatic heterocycles. The number of ether oxygens (including phenoxy) is 1. The van der Waals surface area contributed by atoms with E-state index in [1.165, 1.54) is 0 Å². The lowest BCUT2D eigenvalue weighted by Crippen LogP contribution is -1.92. The lowest BCUT2D eigenvalue weighted by molar-refractivity contribution is 0.173. The summed E-state index contributed by atoms with van der Waals surface area (Å²) in [6, 6.07) is 0. The molecule has 0 aromatic carbocycles. The minimum atomic E-state index is 0.198. The van der Waals surface area contributed by atoms with Gasteiger partial charge in [-0.3, -0.25) is 4.68 Å². The van der Waals surface area contributed by atoms with E-state index in [0.29, 0.717) is 0 Å². The molecule has 0 saturated heterocycles. The fourth-order valence-electron chi connectivity index (χ4n) is 1.21. The lowest BCUT2D eigenvalue weighted by Gasteiger charge is -2.05. The molecule has 1 aromatic rings. The number of aromatic nitrogens is 2. The maximum absolute atomic E-state index is 5.32. The van der Waals surface area contributed by atoms with E-state index in [2.05, 4.69) is 5.10 Å². The Kier molecular flexibility index (Phi) is 1.42. The van der Waals surface area contributed by atoms with Crippen molar-refractivity contribution in [1.29, 1.82) is 0 Å². The van der Waals surface area contributed by atoms with Crippen molar-refractivity contribution in [3.63, 3.8) is 0 Å². The van der Waals surface area contributed by atoms with Gasteiger partial charge in [0.25, 0.3) is 0 Å². The van der Waals surface area contributed by atoms with Gasteiger partial charge >= 0.3 is 0 Å². The molecule has 1 aliphatic heterocycles. The maximum atomic E-state index is 5.32. The Balaban J connectivity index is 2.17. The number of hydrogen-bond donors (Lipinski definition) is 0. The average Bonchev–Trinajstić information content (AvgIpc) is 2.55. The standard InChI is InChI=1S/C8H10N2O/c1-10-6-7(5-9-10)8-3-2-4-11-8/h2,4-6,8H,3H2,1H3. The second-order valence-electron chi connectivity index (χ2n) is 2.68. The van der Waals surface area contributed by atoms with Crippen LogP contribution in [0.3, 0.4) is 0 Å². The molecule has 0 fully saturated rings. The van der Waals surface area contributed by atoms with E-state index in [0.717, 1.165) is 12.0 Å². The summed E-state index contributed by atoms with van der Waals surface area (Å²) in [5, 5.41) is 4.07. The lowest BCUT2D eigenvalue weighted by atomic mass is 10.2. The molecule has 58 valence electrons. The van der Waals surface area contributed by atoms with E-state index in [1.54, 1.807) is 10.9 Å². The van der Waals surface area contributed by atoms with Crippen LogP contribution in [-0.2, 0) is 11.8 Å². The van der Waals surface area contributed by atoms with E-state index in [4.69, 9.17) is 4.74 Å². The summed E-state index contributed by atoms with van der Waals surface area (Å²) in [6.45, 7) is 0. The van der Waals surface area contributed by atoms with E-state index >= 15 is 0 Å². The summed E-state index contributed by atoms with van der Waals surface area (Å²) in [5.41, 5.74) is 1.15. The summed E-state index contributed by atoms with van der Waals surface area (Å²) in [7, 11) is 1.91. The smallest absolute Gasteiger partial charge is 0.129 e. The van der Waals surface area contributed by atoms with Gasteiger partial charge in [0.05, 0.1) is 12.5 Å². The first kappa shape index (κ1) is 6.46. The second kappa shape index (κ2) is 2.42. The van der Waals surface area contributed by atoms with Crippen molar-refractivity contribution in [1.82, 2.24) is 9.78 Å². The molecular weight excluding hydrogens is 140 g/mol. The van der Waals surface area contributed by atoms with E-state index in [9.17, 15) is 0 Å². The molecule has 1 unspecified atom stereocenters. The number of hydrogen-bond acceptors (Lipinski definition) is 2. The Bertz CT molecular complexity index is 269. The van der Waals surface area contributed by atoms with Crippen molar-refractivity contribution in [2.45, 2.75) is 12.5 Å². The highest BCUT2D eigenvalue weighted by atomic mass is 16.5. The van der Waals surface area contributed by atoms with Gasteiger partial charge in [-0.2, -0.15) is 5.10 Å². The zero-order valence-electron chi connectivity index (χ0n) is 6.40. The molecule has 2 heterocycles. The Hall–Kier alpha value is -1.25. The molecule has 0 radical (unpaired) electrons. The molecule has 0 aliphatic carbocycles. The predicted molar refractivity (Wildman–Crippen MR) is 40.8 cm³/mol. The number of nitrogens with zero attached hydrogens (tertiary/aromatic N) is 2. The Morgan fingerprint density at radius 1 is 1.73 bits per heavy atom. The third kappa shape index (κ3) is 1.13. The molecule has 0 spiro atoms. The molecule has 3 nitrogen and oxygen atoms in total. The first-order chi connectivity index (χ1) is 5.36. The molecule has 1 atom stereocenters. The van der Waals surface area contributed by atoms with Crippen LogP contribution >= 0.6 is 0 Å². The van der Waals surface area contributed by atoms with Crippen LogP contribution in [0.5, 0.6) is 0 Å². The van der Waals surface area contributed by atoms with E-state index in [-0.39, 0.29) is 6.10 Å². The van der Waals surface area contributed by atoms with Gasteiger partial charge in [-0.1, -0.05) is 0 Å². The monoisotopic (exact) mass is 150 g/mol. The van der Waals surface area contributed by atoms with E-state index in [1.807, 2.05) is 25.5 Å². The Labute approximate surface area is 65.3 Å². The predicted octanol–water partition coefficient (Wildman–Crippen LogP) is 1.40. The fraction of sp³-hybridized carbons (Fsp3) is 0.375. The van der Waals surface area contributed by atoms with Gasteiger partial charge in [-0.25, -0.2) is 0 Å². The molecule has 1 aliphatic rings. The fourth-order valence-corrected chi connectivity index (χ4v) is 1.21. The first-order valence-corrected chi connectivity index (χ1v) is 3.65. The Morgan fingerprint density at radius 2 is 2.64 bits per heavy atom. The summed E-state index contributed by atoms with van der Waals surface area (Å²) in [5.74, 6) is 0. The third-order valence-electron chi connectivity index (χ3n) is 1.79. The van der Waals surface area contributed by atoms with Crippen molar-refractivity contribution in [2.24, 2.45) is 7.05 Å². The van der Waals surface area contributed by atoms with Crippen molar-refractivity contribution >= 4 is 0 Å². The van der Waals surface area contributed by atoms with Crippen LogP contribution in [0, 0.1) is 0 Å². The molecule has 0 amide bonds. The van der Waals surface area contributed by atoms with Gasteiger partial charge in [0.15, 0.2) is 0 Å². The molecular formula is C8H10N2O. The van der Waals surface area contributed by atoms with Crippen molar-refractivity contribution in [3.8, 4) is 0 Å². The SMILES string of the molecule is Cn1cc(C2CC=CO2)cn1. The van der Waals surface area contributed by atoms with Crippen molar-refractivity contribution < 1.29 is 4.74 Å². The molecule has 11 heavy (non-hydrogen) atoms. The molecule has 0 saturated carbocycles. The largest absolute Gasteiger partial charge is 0.493 e. The minimum absolute atomic E-state index is 0.198. The second-order valence-corrected chi connectivity index (χ2v) is 2.68. The number of aryl methyl sites for hydroxylation is 1. The highest BCUT2D eigenvalue weighted by Crippen LogP contribution is 2.25. The summed E-state index contributed by atoms with van der Waals surface area (Å²) in [6.07, 6.45) is 8.76. The first-order valence-electron chi connectivity index (χ1n) is 3.65. The summed E-state index contributed by atoms with van der Waals surface area (Å²) in [4.78, 5) is 0. The average molecular weight is 150 g/mol. The summed E-state index contributed by atoms with van der Waals surface area (Å²) >= 11 is 0. The highest BCUT2D eigenvalue weighted by molar-refractivity contribution is 5.11. The number of rotatable bonds is 1. The van der Waals surface area contributed by atoms with Gasteiger partial charge in [0.2, 0.25) is 0 Å². The van der Waals surface area contributed by atoms with Crippen LogP contribution in [0.4, 0.5) is 0 Å². The van der Waals surface area contributed by atoms with Gasteiger partial charge in [-0.15, -0.1) is 0 Å². The maximum Gasteiger partial charge on any atom is 0.129 e. The van der Waals surface area contributed by atoms with E-state index < -0.39 is 0 Å². The zero-order valence-corrected chi connectivity index (χ0v) is 6.40. The van der Waals surface area contributed by atoms with Crippen LogP contribution in [0.1, 0.15) is 18.1 Å². The normalized spacial score (nSPS) is 22.1. The molecule has 0 N–H and O–H groups in total. The van der Waals surface area contributed by atoms with Crippen LogP contribution in [-0.4, -0.2) is 9.78 Å². The van der Waals surface area contributed by atoms with Crippen molar-refractivity contribution in [3.05, 3.63) is 30.3 Å². The summed E-state index contributed by atoms with van der Waals surface area (Å²) < 4.78 is 7.11. The quantitative estimate of drug-likeness (QED) is 0.605. The third-order valence-corrected chi connectivity index (χ3v) is 1.79. The topological polar surface area (TPSA) is 27.1 Å². The van der Waals surface area contributed by atoms with Gasteiger partial charge in [0, 0.05) is 25.2 Å². The molecule has 0 bridgehead atoms. The minimum Gasteiger partial charge on any atom is -0.493 e. The van der Waals surface area contributed by atoms with Crippen LogP contribution in [0.15, 0.2) is 24.7 Å². The zero-order chi connectivity index (χ0) is 7.68. The van der Waals surface area contributed by atoms with Crippen LogP contribution in [0.2, 0.25) is 0 Å². The van der Waals surface area contributed by atoms with Crippen molar-refractivity contribution in [2.75, 3.05) is 0 Å². The Morgan fingerprint density at radius 3 is 3.18 bits per heavy atom. The van der Waals surface area contributed by atoms with Crippen LogP contribution in [0.25, 0.3) is 0 Å². The molecule has 3 heteroatoms. The highest BCUT2D eigenvalue weighted by Gasteiger charge is 2.14. The molecule has 2 rings (SSSR count).